The maximum atomic E-state index is 12.3. The minimum Gasteiger partial charge on any atom is -0.474 e. The largest absolute Gasteiger partial charge is 0.474 e. The average Bonchev–Trinajstić information content (AvgIpc) is 2.80. The molecule has 0 fully saturated rings. The van der Waals surface area contributed by atoms with E-state index in [1.54, 1.807) is 30.3 Å². The Balaban J connectivity index is 1.54. The van der Waals surface area contributed by atoms with Crippen LogP contribution in [0, 0.1) is 10.1 Å². The summed E-state index contributed by atoms with van der Waals surface area (Å²) >= 11 is 11.8. The molecule has 1 amide bonds. The Bertz CT molecular complexity index is 1250. The lowest BCUT2D eigenvalue weighted by atomic mass is 10.2. The van der Waals surface area contributed by atoms with Gasteiger partial charge in [0, 0.05) is 11.1 Å². The Morgan fingerprint density at radius 2 is 1.79 bits per heavy atom. The molecule has 0 aliphatic heterocycles. The van der Waals surface area contributed by atoms with Gasteiger partial charge in [-0.05, 0) is 61.0 Å². The van der Waals surface area contributed by atoms with Crippen LogP contribution >= 0.6 is 23.2 Å². The van der Waals surface area contributed by atoms with Crippen LogP contribution in [0.3, 0.4) is 0 Å². The van der Waals surface area contributed by atoms with Gasteiger partial charge in [-0.15, -0.1) is 0 Å². The number of carbonyl (C=O) groups excluding carboxylic acids is 2. The molecule has 0 aromatic heterocycles. The highest BCUT2D eigenvalue weighted by Crippen LogP contribution is 2.27. The van der Waals surface area contributed by atoms with E-state index in [-0.39, 0.29) is 27.8 Å². The highest BCUT2D eigenvalue weighted by molar-refractivity contribution is 6.36. The molecule has 0 aliphatic carbocycles. The summed E-state index contributed by atoms with van der Waals surface area (Å²) in [7, 11) is 0. The van der Waals surface area contributed by atoms with Crippen molar-refractivity contribution in [2.24, 2.45) is 5.10 Å². The predicted molar refractivity (Wildman–Crippen MR) is 127 cm³/mol. The van der Waals surface area contributed by atoms with Gasteiger partial charge in [0.25, 0.3) is 5.91 Å². The van der Waals surface area contributed by atoms with E-state index in [0.29, 0.717) is 10.6 Å². The number of rotatable bonds is 8. The fourth-order valence-electron chi connectivity index (χ4n) is 2.65. The third-order valence-electron chi connectivity index (χ3n) is 4.36. The van der Waals surface area contributed by atoms with E-state index in [1.165, 1.54) is 49.5 Å². The number of esters is 1. The zero-order valence-corrected chi connectivity index (χ0v) is 19.1. The van der Waals surface area contributed by atoms with Crippen molar-refractivity contribution in [2.75, 3.05) is 0 Å². The van der Waals surface area contributed by atoms with Crippen LogP contribution in [0.4, 0.5) is 5.69 Å². The molecular formula is C23H17Cl2N3O6. The molecular weight excluding hydrogens is 485 g/mol. The molecule has 9 nitrogen and oxygen atoms in total. The molecule has 0 aliphatic rings. The quantitative estimate of drug-likeness (QED) is 0.152. The molecule has 1 N–H and O–H groups in total. The molecule has 0 saturated carbocycles. The number of nitro groups is 1. The van der Waals surface area contributed by atoms with Crippen molar-refractivity contribution in [2.45, 2.75) is 13.0 Å². The maximum Gasteiger partial charge on any atom is 0.345 e. The SMILES string of the molecule is C[C@H](Oc1ccccc1[N+](=O)[O-])C(=O)N/N=C\c1ccc(OC(=O)c2ccc(Cl)cc2Cl)cc1. The summed E-state index contributed by atoms with van der Waals surface area (Å²) < 4.78 is 10.7. The van der Waals surface area contributed by atoms with Crippen LogP contribution in [0.5, 0.6) is 11.5 Å². The van der Waals surface area contributed by atoms with Gasteiger partial charge < -0.3 is 9.47 Å². The van der Waals surface area contributed by atoms with Gasteiger partial charge >= 0.3 is 11.7 Å². The van der Waals surface area contributed by atoms with Gasteiger partial charge in [-0.3, -0.25) is 14.9 Å². The lowest BCUT2D eigenvalue weighted by Crippen LogP contribution is -2.33. The Hall–Kier alpha value is -3.95. The fourth-order valence-corrected chi connectivity index (χ4v) is 3.14. The number of ether oxygens (including phenoxy) is 2. The lowest BCUT2D eigenvalue weighted by Gasteiger charge is -2.12. The predicted octanol–water partition coefficient (Wildman–Crippen LogP) is 5.04. The molecule has 0 spiro atoms. The van der Waals surface area contributed by atoms with Crippen LogP contribution in [-0.4, -0.2) is 29.1 Å². The Morgan fingerprint density at radius 1 is 1.09 bits per heavy atom. The van der Waals surface area contributed by atoms with Crippen LogP contribution in [0.1, 0.15) is 22.8 Å². The highest BCUT2D eigenvalue weighted by Gasteiger charge is 2.20. The summed E-state index contributed by atoms with van der Waals surface area (Å²) in [4.78, 5) is 34.9. The molecule has 0 radical (unpaired) electrons. The summed E-state index contributed by atoms with van der Waals surface area (Å²) in [6.07, 6.45) is 0.344. The van der Waals surface area contributed by atoms with Crippen LogP contribution in [0.25, 0.3) is 0 Å². The summed E-state index contributed by atoms with van der Waals surface area (Å²) in [5.74, 6) is -0.976. The zero-order chi connectivity index (χ0) is 24.7. The van der Waals surface area contributed by atoms with Crippen LogP contribution < -0.4 is 14.9 Å². The Kier molecular flexibility index (Phi) is 8.18. The third-order valence-corrected chi connectivity index (χ3v) is 4.91. The second-order valence-corrected chi connectivity index (χ2v) is 7.65. The summed E-state index contributed by atoms with van der Waals surface area (Å²) in [6.45, 7) is 1.44. The topological polar surface area (TPSA) is 120 Å². The van der Waals surface area contributed by atoms with Gasteiger partial charge in [0.2, 0.25) is 0 Å². The van der Waals surface area contributed by atoms with Gasteiger partial charge in [-0.1, -0.05) is 35.3 Å². The van der Waals surface area contributed by atoms with Crippen molar-refractivity contribution in [3.8, 4) is 11.5 Å². The van der Waals surface area contributed by atoms with Crippen molar-refractivity contribution in [3.05, 3.63) is 98.0 Å². The number of benzene rings is 3. The number of halogens is 2. The van der Waals surface area contributed by atoms with Gasteiger partial charge in [-0.25, -0.2) is 10.2 Å². The van der Waals surface area contributed by atoms with Gasteiger partial charge in [0.1, 0.15) is 5.75 Å². The van der Waals surface area contributed by atoms with E-state index in [9.17, 15) is 19.7 Å². The lowest BCUT2D eigenvalue weighted by molar-refractivity contribution is -0.386. The molecule has 0 unspecified atom stereocenters. The second-order valence-electron chi connectivity index (χ2n) is 6.80. The molecule has 0 saturated heterocycles. The Labute approximate surface area is 204 Å². The standard InChI is InChI=1S/C23H17Cl2N3O6/c1-14(33-21-5-3-2-4-20(21)28(31)32)22(29)27-26-13-15-6-9-17(10-7-15)34-23(30)18-11-8-16(24)12-19(18)25/h2-14H,1H3,(H,27,29)/b26-13-/t14-/m0/s1. The smallest absolute Gasteiger partial charge is 0.345 e. The van der Waals surface area contributed by atoms with Crippen molar-refractivity contribution in [1.82, 2.24) is 5.43 Å². The van der Waals surface area contributed by atoms with E-state index in [1.807, 2.05) is 0 Å². The number of nitrogens with zero attached hydrogens (tertiary/aromatic N) is 2. The van der Waals surface area contributed by atoms with E-state index in [4.69, 9.17) is 32.7 Å². The van der Waals surface area contributed by atoms with Crippen molar-refractivity contribution in [1.29, 1.82) is 0 Å². The zero-order valence-electron chi connectivity index (χ0n) is 17.6. The van der Waals surface area contributed by atoms with E-state index >= 15 is 0 Å². The molecule has 34 heavy (non-hydrogen) atoms. The normalized spacial score (nSPS) is 11.6. The number of hydrogen-bond donors (Lipinski definition) is 1. The monoisotopic (exact) mass is 501 g/mol. The van der Waals surface area contributed by atoms with Crippen molar-refractivity contribution >= 4 is 47.0 Å². The first-order chi connectivity index (χ1) is 16.2. The number of hydrogen-bond acceptors (Lipinski definition) is 7. The van der Waals surface area contributed by atoms with Crippen LogP contribution in [0.2, 0.25) is 10.0 Å². The Morgan fingerprint density at radius 3 is 2.47 bits per heavy atom. The first-order valence-corrected chi connectivity index (χ1v) is 10.5. The fraction of sp³-hybridized carbons (Fsp3) is 0.0870. The number of nitrogens with one attached hydrogen (secondary N) is 1. The average molecular weight is 502 g/mol. The highest BCUT2D eigenvalue weighted by atomic mass is 35.5. The van der Waals surface area contributed by atoms with Gasteiger partial charge in [0.15, 0.2) is 11.9 Å². The summed E-state index contributed by atoms with van der Waals surface area (Å²) in [6, 6.07) is 16.5. The summed E-state index contributed by atoms with van der Waals surface area (Å²) in [5.41, 5.74) is 2.84. The summed E-state index contributed by atoms with van der Waals surface area (Å²) in [5, 5.41) is 15.5. The van der Waals surface area contributed by atoms with Gasteiger partial charge in [0.05, 0.1) is 21.7 Å². The molecule has 11 heteroatoms. The second kappa shape index (κ2) is 11.3. The van der Waals surface area contributed by atoms with Crippen LogP contribution in [0.15, 0.2) is 71.8 Å². The molecule has 174 valence electrons. The number of carbonyl (C=O) groups is 2. The number of hydrazone groups is 1. The van der Waals surface area contributed by atoms with E-state index < -0.39 is 22.9 Å². The molecule has 0 bridgehead atoms. The molecule has 1 atom stereocenters. The molecule has 0 heterocycles. The van der Waals surface area contributed by atoms with Crippen LogP contribution in [-0.2, 0) is 4.79 Å². The van der Waals surface area contributed by atoms with E-state index in [2.05, 4.69) is 10.5 Å². The molecule has 3 aromatic carbocycles. The van der Waals surface area contributed by atoms with Crippen molar-refractivity contribution in [3.63, 3.8) is 0 Å². The first kappa shape index (κ1) is 24.7. The first-order valence-electron chi connectivity index (χ1n) is 9.75. The number of para-hydroxylation sites is 2. The minimum absolute atomic E-state index is 0.0239. The number of amides is 1. The van der Waals surface area contributed by atoms with Crippen molar-refractivity contribution < 1.29 is 24.0 Å². The minimum atomic E-state index is -1.03. The van der Waals surface area contributed by atoms with Gasteiger partial charge in [-0.2, -0.15) is 5.10 Å². The number of nitro benzene ring substituents is 1. The third kappa shape index (κ3) is 6.53. The maximum absolute atomic E-state index is 12.3. The molecule has 3 rings (SSSR count). The molecule has 3 aromatic rings. The van der Waals surface area contributed by atoms with E-state index in [0.717, 1.165) is 0 Å².